The highest BCUT2D eigenvalue weighted by molar-refractivity contribution is 7.71. The van der Waals surface area contributed by atoms with Crippen LogP contribution in [0.1, 0.15) is 39.9 Å². The standard InChI is InChI=1S/C21H22N4S.C3H4.C2H6/c1-14-13-21(2,22-3)12-11-16(14)19-23-24-20(26)25(19)18-10-6-8-15-7-4-5-9-17(15)18;1-3-2;1-2/h4-11,13,22H,12H2,1-3H3,(H,24,26);1-2H2;1-2H3. The van der Waals surface area contributed by atoms with Crippen LogP contribution < -0.4 is 5.32 Å². The van der Waals surface area contributed by atoms with Crippen LogP contribution in [0.2, 0.25) is 0 Å². The maximum absolute atomic E-state index is 5.58. The fourth-order valence-electron chi connectivity index (χ4n) is 3.64. The highest BCUT2D eigenvalue weighted by Gasteiger charge is 2.26. The van der Waals surface area contributed by atoms with Crippen LogP contribution in [0.5, 0.6) is 0 Å². The van der Waals surface area contributed by atoms with Crippen LogP contribution in [0.3, 0.4) is 0 Å². The molecule has 1 aromatic heterocycles. The van der Waals surface area contributed by atoms with Crippen LogP contribution in [-0.2, 0) is 0 Å². The number of hydrogen-bond acceptors (Lipinski definition) is 3. The number of nitrogens with one attached hydrogen (secondary N) is 2. The molecule has 1 aliphatic rings. The molecule has 162 valence electrons. The first kappa shape index (κ1) is 24.3. The van der Waals surface area contributed by atoms with Gasteiger partial charge in [0, 0.05) is 16.5 Å². The van der Waals surface area contributed by atoms with Crippen molar-refractivity contribution in [3.8, 4) is 5.69 Å². The Kier molecular flexibility index (Phi) is 8.52. The van der Waals surface area contributed by atoms with E-state index in [4.69, 9.17) is 12.2 Å². The number of nitrogens with zero attached hydrogens (tertiary/aromatic N) is 2. The van der Waals surface area contributed by atoms with Gasteiger partial charge in [-0.05, 0) is 56.6 Å². The van der Waals surface area contributed by atoms with Gasteiger partial charge in [-0.1, -0.05) is 75.6 Å². The number of aromatic nitrogens is 3. The minimum absolute atomic E-state index is 0.0229. The predicted octanol–water partition coefficient (Wildman–Crippen LogP) is 6.78. The number of fused-ring (bicyclic) bond motifs is 1. The van der Waals surface area contributed by atoms with Crippen molar-refractivity contribution in [2.45, 2.75) is 39.7 Å². The summed E-state index contributed by atoms with van der Waals surface area (Å²) in [5.74, 6) is 0.859. The average Bonchev–Trinajstić information content (AvgIpc) is 3.16. The number of hydrogen-bond donors (Lipinski definition) is 2. The van der Waals surface area contributed by atoms with E-state index in [0.717, 1.165) is 28.9 Å². The van der Waals surface area contributed by atoms with Crippen molar-refractivity contribution in [2.75, 3.05) is 7.05 Å². The van der Waals surface area contributed by atoms with E-state index in [9.17, 15) is 0 Å². The highest BCUT2D eigenvalue weighted by atomic mass is 32.1. The van der Waals surface area contributed by atoms with Crippen LogP contribution in [0.4, 0.5) is 0 Å². The number of H-pyrrole nitrogens is 1. The summed E-state index contributed by atoms with van der Waals surface area (Å²) in [5, 5.41) is 13.3. The molecule has 1 unspecified atom stereocenters. The minimum atomic E-state index is -0.0229. The first-order valence-corrected chi connectivity index (χ1v) is 10.9. The molecule has 3 aromatic rings. The summed E-state index contributed by atoms with van der Waals surface area (Å²) in [6.45, 7) is 14.6. The number of allylic oxidation sites excluding steroid dienone is 2. The molecule has 0 amide bonds. The van der Waals surface area contributed by atoms with Gasteiger partial charge in [0.1, 0.15) is 0 Å². The van der Waals surface area contributed by atoms with Gasteiger partial charge < -0.3 is 5.32 Å². The normalized spacial score (nSPS) is 17.3. The van der Waals surface area contributed by atoms with Crippen LogP contribution in [-0.4, -0.2) is 27.4 Å². The topological polar surface area (TPSA) is 45.6 Å². The van der Waals surface area contributed by atoms with E-state index < -0.39 is 0 Å². The molecule has 0 fully saturated rings. The summed E-state index contributed by atoms with van der Waals surface area (Å²) in [5.41, 5.74) is 5.60. The van der Waals surface area contributed by atoms with E-state index in [-0.39, 0.29) is 5.54 Å². The van der Waals surface area contributed by atoms with Crippen molar-refractivity contribution in [3.05, 3.63) is 89.7 Å². The van der Waals surface area contributed by atoms with Gasteiger partial charge in [0.15, 0.2) is 10.6 Å². The van der Waals surface area contributed by atoms with Gasteiger partial charge in [-0.3, -0.25) is 9.67 Å². The lowest BCUT2D eigenvalue weighted by Gasteiger charge is -2.29. The van der Waals surface area contributed by atoms with E-state index in [2.05, 4.69) is 103 Å². The summed E-state index contributed by atoms with van der Waals surface area (Å²) < 4.78 is 2.65. The Morgan fingerprint density at radius 3 is 2.45 bits per heavy atom. The maximum atomic E-state index is 5.58. The maximum Gasteiger partial charge on any atom is 0.200 e. The third-order valence-electron chi connectivity index (χ3n) is 5.18. The Balaban J connectivity index is 0.000000630. The molecule has 31 heavy (non-hydrogen) atoms. The molecule has 2 N–H and O–H groups in total. The number of likely N-dealkylation sites (N-methyl/N-ethyl adjacent to an activating group) is 1. The van der Waals surface area contributed by atoms with Crippen LogP contribution >= 0.6 is 12.2 Å². The molecule has 0 aliphatic heterocycles. The van der Waals surface area contributed by atoms with E-state index in [1.807, 2.05) is 25.5 Å². The minimum Gasteiger partial charge on any atom is -0.311 e. The molecular formula is C26H32N4S. The van der Waals surface area contributed by atoms with Crippen molar-refractivity contribution < 1.29 is 0 Å². The largest absolute Gasteiger partial charge is 0.311 e. The summed E-state index contributed by atoms with van der Waals surface area (Å²) in [6, 6.07) is 14.6. The zero-order chi connectivity index (χ0) is 23.0. The third kappa shape index (κ3) is 5.20. The molecule has 5 heteroatoms. The molecule has 0 radical (unpaired) electrons. The second-order valence-corrected chi connectivity index (χ2v) is 7.64. The van der Waals surface area contributed by atoms with Gasteiger partial charge in [-0.2, -0.15) is 5.10 Å². The first-order chi connectivity index (χ1) is 14.9. The summed E-state index contributed by atoms with van der Waals surface area (Å²) >= 11 is 5.58. The van der Waals surface area contributed by atoms with E-state index in [1.54, 1.807) is 0 Å². The Labute approximate surface area is 190 Å². The van der Waals surface area contributed by atoms with Crippen molar-refractivity contribution in [2.24, 2.45) is 0 Å². The SMILES string of the molecule is C=C=C.CC.CNC1(C)C=C(C)C(c2n[nH]c(=S)n2-c2cccc3ccccc23)=CC1. The highest BCUT2D eigenvalue weighted by Crippen LogP contribution is 2.33. The molecule has 1 atom stereocenters. The van der Waals surface area contributed by atoms with Crippen molar-refractivity contribution >= 4 is 28.6 Å². The number of aromatic amines is 1. The molecule has 4 rings (SSSR count). The number of rotatable bonds is 3. The van der Waals surface area contributed by atoms with Gasteiger partial charge in [0.2, 0.25) is 0 Å². The van der Waals surface area contributed by atoms with Gasteiger partial charge in [0.05, 0.1) is 5.69 Å². The lowest BCUT2D eigenvalue weighted by atomic mass is 9.86. The summed E-state index contributed by atoms with van der Waals surface area (Å²) in [4.78, 5) is 0. The summed E-state index contributed by atoms with van der Waals surface area (Å²) in [7, 11) is 1.99. The Bertz CT molecular complexity index is 1180. The Hall–Kier alpha value is -2.98. The molecule has 1 aliphatic carbocycles. The van der Waals surface area contributed by atoms with Gasteiger partial charge >= 0.3 is 0 Å². The second-order valence-electron chi connectivity index (χ2n) is 7.25. The van der Waals surface area contributed by atoms with Crippen LogP contribution in [0.15, 0.2) is 79.1 Å². The van der Waals surface area contributed by atoms with Crippen LogP contribution in [0, 0.1) is 4.77 Å². The van der Waals surface area contributed by atoms with E-state index in [0.29, 0.717) is 4.77 Å². The smallest absolute Gasteiger partial charge is 0.200 e. The van der Waals surface area contributed by atoms with Gasteiger partial charge in [0.25, 0.3) is 0 Å². The molecular weight excluding hydrogens is 400 g/mol. The summed E-state index contributed by atoms with van der Waals surface area (Å²) in [6.07, 6.45) is 5.43. The van der Waals surface area contributed by atoms with Crippen molar-refractivity contribution in [3.63, 3.8) is 0 Å². The van der Waals surface area contributed by atoms with Crippen molar-refractivity contribution in [1.29, 1.82) is 0 Å². The molecule has 0 saturated heterocycles. The first-order valence-electron chi connectivity index (χ1n) is 10.5. The van der Waals surface area contributed by atoms with Gasteiger partial charge in [-0.15, -0.1) is 5.73 Å². The lowest BCUT2D eigenvalue weighted by molar-refractivity contribution is 0.479. The van der Waals surface area contributed by atoms with Crippen molar-refractivity contribution in [1.82, 2.24) is 20.1 Å². The molecule has 0 saturated carbocycles. The molecule has 0 spiro atoms. The third-order valence-corrected chi connectivity index (χ3v) is 5.46. The van der Waals surface area contributed by atoms with E-state index >= 15 is 0 Å². The zero-order valence-corrected chi connectivity index (χ0v) is 19.9. The fraction of sp³-hybridized carbons (Fsp3) is 0.269. The average molecular weight is 433 g/mol. The molecule has 1 heterocycles. The Morgan fingerprint density at radius 2 is 1.81 bits per heavy atom. The quantitative estimate of drug-likeness (QED) is 0.354. The Morgan fingerprint density at radius 1 is 1.16 bits per heavy atom. The lowest BCUT2D eigenvalue weighted by Crippen LogP contribution is -2.38. The fourth-order valence-corrected chi connectivity index (χ4v) is 3.87. The van der Waals surface area contributed by atoms with Crippen LogP contribution in [0.25, 0.3) is 22.0 Å². The molecule has 4 nitrogen and oxygen atoms in total. The predicted molar refractivity (Wildman–Crippen MR) is 136 cm³/mol. The zero-order valence-electron chi connectivity index (χ0n) is 19.1. The van der Waals surface area contributed by atoms with E-state index in [1.165, 1.54) is 11.0 Å². The molecule has 0 bridgehead atoms. The number of benzene rings is 2. The molecule has 2 aromatic carbocycles. The second kappa shape index (κ2) is 10.9. The monoisotopic (exact) mass is 432 g/mol. The van der Waals surface area contributed by atoms with Gasteiger partial charge in [-0.25, -0.2) is 0 Å².